The van der Waals surface area contributed by atoms with Crippen molar-refractivity contribution in [2.75, 3.05) is 24.7 Å². The first-order valence-electron chi connectivity index (χ1n) is 8.16. The molecule has 2 aromatic rings. The number of hydrogen-bond acceptors (Lipinski definition) is 5. The third-order valence-corrected chi connectivity index (χ3v) is 5.32. The van der Waals surface area contributed by atoms with Gasteiger partial charge in [-0.1, -0.05) is 30.3 Å². The Balaban J connectivity index is 2.39. The van der Waals surface area contributed by atoms with E-state index in [-0.39, 0.29) is 22.9 Å². The van der Waals surface area contributed by atoms with Gasteiger partial charge in [-0.05, 0) is 30.7 Å². The molecule has 0 fully saturated rings. The van der Waals surface area contributed by atoms with Crippen LogP contribution < -0.4 is 9.62 Å². The highest BCUT2D eigenvalue weighted by atomic mass is 32.2. The zero-order valence-corrected chi connectivity index (χ0v) is 16.4. The largest absolute Gasteiger partial charge is 0.465 e. The second kappa shape index (κ2) is 8.22. The Bertz CT molecular complexity index is 942. The first kappa shape index (κ1) is 20.4. The molecule has 7 nitrogen and oxygen atoms in total. The van der Waals surface area contributed by atoms with Crippen LogP contribution in [0.15, 0.2) is 48.5 Å². The fraction of sp³-hybridized carbons (Fsp3) is 0.263. The van der Waals surface area contributed by atoms with Crippen molar-refractivity contribution in [2.45, 2.75) is 13.0 Å². The van der Waals surface area contributed by atoms with Gasteiger partial charge in [0.2, 0.25) is 10.0 Å². The van der Waals surface area contributed by atoms with E-state index in [1.165, 1.54) is 32.4 Å². The van der Waals surface area contributed by atoms with Crippen molar-refractivity contribution in [1.29, 1.82) is 0 Å². The SMILES string of the molecule is COC(=O)c1cc(C(=O)N[C@@H](C)c2ccccc2)cc(N(C)S(C)(=O)=O)c1. The number of sulfonamides is 1. The van der Waals surface area contributed by atoms with Gasteiger partial charge in [0.05, 0.1) is 30.7 Å². The monoisotopic (exact) mass is 390 g/mol. The average molecular weight is 390 g/mol. The molecule has 0 aliphatic heterocycles. The van der Waals surface area contributed by atoms with Gasteiger partial charge in [-0.2, -0.15) is 0 Å². The van der Waals surface area contributed by atoms with E-state index in [2.05, 4.69) is 5.32 Å². The average Bonchev–Trinajstić information content (AvgIpc) is 2.66. The summed E-state index contributed by atoms with van der Waals surface area (Å²) in [5.41, 5.74) is 1.36. The summed E-state index contributed by atoms with van der Waals surface area (Å²) in [6.07, 6.45) is 1.04. The molecule has 1 atom stereocenters. The van der Waals surface area contributed by atoms with Crippen molar-refractivity contribution in [1.82, 2.24) is 5.32 Å². The van der Waals surface area contributed by atoms with Crippen LogP contribution in [0, 0.1) is 0 Å². The van der Waals surface area contributed by atoms with E-state index >= 15 is 0 Å². The number of rotatable bonds is 6. The van der Waals surface area contributed by atoms with E-state index in [1.54, 1.807) is 0 Å². The number of hydrogen-bond donors (Lipinski definition) is 1. The molecule has 8 heteroatoms. The van der Waals surface area contributed by atoms with Crippen LogP contribution in [0.4, 0.5) is 5.69 Å². The zero-order chi connectivity index (χ0) is 20.2. The topological polar surface area (TPSA) is 92.8 Å². The summed E-state index contributed by atoms with van der Waals surface area (Å²) < 4.78 is 29.4. The molecule has 0 aromatic heterocycles. The summed E-state index contributed by atoms with van der Waals surface area (Å²) >= 11 is 0. The molecule has 0 aliphatic carbocycles. The third kappa shape index (κ3) is 5.07. The molecule has 0 heterocycles. The number of nitrogens with zero attached hydrogens (tertiary/aromatic N) is 1. The van der Waals surface area contributed by atoms with Crippen molar-refractivity contribution < 1.29 is 22.7 Å². The van der Waals surface area contributed by atoms with Gasteiger partial charge in [-0.15, -0.1) is 0 Å². The van der Waals surface area contributed by atoms with E-state index < -0.39 is 21.9 Å². The third-order valence-electron chi connectivity index (χ3n) is 4.11. The molecule has 0 bridgehead atoms. The smallest absolute Gasteiger partial charge is 0.337 e. The second-order valence-corrected chi connectivity index (χ2v) is 8.11. The predicted octanol–water partition coefficient (Wildman–Crippen LogP) is 2.36. The minimum atomic E-state index is -3.56. The highest BCUT2D eigenvalue weighted by Gasteiger charge is 2.20. The molecular formula is C19H22N2O5S. The highest BCUT2D eigenvalue weighted by molar-refractivity contribution is 7.92. The molecule has 0 spiro atoms. The maximum atomic E-state index is 12.7. The number of ether oxygens (including phenoxy) is 1. The van der Waals surface area contributed by atoms with E-state index in [9.17, 15) is 18.0 Å². The first-order valence-corrected chi connectivity index (χ1v) is 10.0. The zero-order valence-electron chi connectivity index (χ0n) is 15.6. The van der Waals surface area contributed by atoms with Crippen molar-refractivity contribution >= 4 is 27.6 Å². The van der Waals surface area contributed by atoms with Crippen molar-refractivity contribution in [2.24, 2.45) is 0 Å². The van der Waals surface area contributed by atoms with Gasteiger partial charge in [-0.3, -0.25) is 9.10 Å². The van der Waals surface area contributed by atoms with Gasteiger partial charge in [0.15, 0.2) is 0 Å². The Kier molecular flexibility index (Phi) is 6.22. The Labute approximate surface area is 159 Å². The summed E-state index contributed by atoms with van der Waals surface area (Å²) in [5, 5.41) is 2.84. The van der Waals surface area contributed by atoms with E-state index in [4.69, 9.17) is 4.74 Å². The summed E-state index contributed by atoms with van der Waals surface area (Å²) in [6.45, 7) is 1.83. The molecule has 2 aromatic carbocycles. The molecular weight excluding hydrogens is 368 g/mol. The minimum Gasteiger partial charge on any atom is -0.465 e. The summed E-state index contributed by atoms with van der Waals surface area (Å²) in [6, 6.07) is 13.3. The predicted molar refractivity (Wildman–Crippen MR) is 103 cm³/mol. The molecule has 0 aliphatic rings. The molecule has 1 N–H and O–H groups in total. The molecule has 27 heavy (non-hydrogen) atoms. The van der Waals surface area contributed by atoms with Crippen LogP contribution in [0.25, 0.3) is 0 Å². The van der Waals surface area contributed by atoms with Gasteiger partial charge >= 0.3 is 5.97 Å². The molecule has 0 saturated heterocycles. The highest BCUT2D eigenvalue weighted by Crippen LogP contribution is 2.22. The number of anilines is 1. The molecule has 0 radical (unpaired) electrons. The number of esters is 1. The molecule has 0 unspecified atom stereocenters. The second-order valence-electron chi connectivity index (χ2n) is 6.10. The Hall–Kier alpha value is -2.87. The maximum absolute atomic E-state index is 12.7. The number of nitrogens with one attached hydrogen (secondary N) is 1. The van der Waals surface area contributed by atoms with Crippen LogP contribution in [-0.4, -0.2) is 40.7 Å². The van der Waals surface area contributed by atoms with Crippen LogP contribution >= 0.6 is 0 Å². The Morgan fingerprint density at radius 3 is 2.22 bits per heavy atom. The van der Waals surface area contributed by atoms with Gasteiger partial charge in [0.25, 0.3) is 5.91 Å². The number of methoxy groups -OCH3 is 1. The summed E-state index contributed by atoms with van der Waals surface area (Å²) in [5.74, 6) is -1.09. The standard InChI is InChI=1S/C19H22N2O5S/c1-13(14-8-6-5-7-9-14)20-18(22)15-10-16(19(23)26-3)12-17(11-15)21(2)27(4,24)25/h5-13H,1-4H3,(H,20,22)/t13-/m0/s1. The van der Waals surface area contributed by atoms with Crippen LogP contribution in [0.3, 0.4) is 0 Å². The minimum absolute atomic E-state index is 0.0861. The lowest BCUT2D eigenvalue weighted by Gasteiger charge is -2.19. The number of carbonyl (C=O) groups is 2. The van der Waals surface area contributed by atoms with Crippen LogP contribution in [0.2, 0.25) is 0 Å². The summed E-state index contributed by atoms with van der Waals surface area (Å²) in [4.78, 5) is 24.6. The fourth-order valence-electron chi connectivity index (χ4n) is 2.46. The van der Waals surface area contributed by atoms with Crippen LogP contribution in [0.5, 0.6) is 0 Å². The van der Waals surface area contributed by atoms with Crippen molar-refractivity contribution in [3.05, 3.63) is 65.2 Å². The van der Waals surface area contributed by atoms with E-state index in [1.807, 2.05) is 37.3 Å². The molecule has 2 rings (SSSR count). The summed E-state index contributed by atoms with van der Waals surface area (Å²) in [7, 11) is -1.00. The molecule has 144 valence electrons. The first-order chi connectivity index (χ1) is 12.6. The van der Waals surface area contributed by atoms with E-state index in [0.717, 1.165) is 16.1 Å². The fourth-order valence-corrected chi connectivity index (χ4v) is 2.94. The normalized spacial score (nSPS) is 12.1. The lowest BCUT2D eigenvalue weighted by molar-refractivity contribution is 0.0600. The van der Waals surface area contributed by atoms with Crippen LogP contribution in [-0.2, 0) is 14.8 Å². The molecule has 0 saturated carbocycles. The van der Waals surface area contributed by atoms with E-state index in [0.29, 0.717) is 0 Å². The van der Waals surface area contributed by atoms with Crippen LogP contribution in [0.1, 0.15) is 39.2 Å². The maximum Gasteiger partial charge on any atom is 0.337 e. The van der Waals surface area contributed by atoms with Gasteiger partial charge < -0.3 is 10.1 Å². The molecule has 1 amide bonds. The number of carbonyl (C=O) groups excluding carboxylic acids is 2. The Morgan fingerprint density at radius 1 is 1.07 bits per heavy atom. The lowest BCUT2D eigenvalue weighted by atomic mass is 10.1. The lowest BCUT2D eigenvalue weighted by Crippen LogP contribution is -2.28. The Morgan fingerprint density at radius 2 is 1.67 bits per heavy atom. The van der Waals surface area contributed by atoms with Crippen molar-refractivity contribution in [3.63, 3.8) is 0 Å². The van der Waals surface area contributed by atoms with Gasteiger partial charge in [0, 0.05) is 12.6 Å². The van der Waals surface area contributed by atoms with Gasteiger partial charge in [-0.25, -0.2) is 13.2 Å². The number of benzene rings is 2. The number of amides is 1. The van der Waals surface area contributed by atoms with Gasteiger partial charge in [0.1, 0.15) is 0 Å². The van der Waals surface area contributed by atoms with Crippen molar-refractivity contribution in [3.8, 4) is 0 Å². The quantitative estimate of drug-likeness (QED) is 0.765.